The molecule has 2 heterocycles. The molecule has 1 aromatic rings. The fraction of sp³-hybridized carbons (Fsp3) is 0.562. The van der Waals surface area contributed by atoms with Crippen molar-refractivity contribution in [3.05, 3.63) is 22.7 Å². The predicted molar refractivity (Wildman–Crippen MR) is 81.9 cm³/mol. The van der Waals surface area contributed by atoms with Gasteiger partial charge in [0.2, 0.25) is 0 Å². The first-order chi connectivity index (χ1) is 10.4. The summed E-state index contributed by atoms with van der Waals surface area (Å²) in [6.45, 7) is 7.00. The van der Waals surface area contributed by atoms with Crippen LogP contribution in [0.25, 0.3) is 0 Å². The Morgan fingerprint density at radius 3 is 2.77 bits per heavy atom. The zero-order valence-corrected chi connectivity index (χ0v) is 13.8. The fourth-order valence-corrected chi connectivity index (χ4v) is 2.68. The number of fused-ring (bicyclic) bond motifs is 1. The topological polar surface area (TPSA) is 48.0 Å². The maximum atomic E-state index is 12.2. The first-order valence-electron chi connectivity index (χ1n) is 7.47. The lowest BCUT2D eigenvalue weighted by atomic mass is 9.95. The van der Waals surface area contributed by atoms with Crippen molar-refractivity contribution in [3.8, 4) is 11.5 Å². The van der Waals surface area contributed by atoms with Gasteiger partial charge in [-0.1, -0.05) is 18.5 Å². The van der Waals surface area contributed by atoms with E-state index in [2.05, 4.69) is 6.92 Å². The second kappa shape index (κ2) is 5.63. The van der Waals surface area contributed by atoms with E-state index < -0.39 is 5.41 Å². The number of benzene rings is 1. The summed E-state index contributed by atoms with van der Waals surface area (Å²) < 4.78 is 11.5. The predicted octanol–water partition coefficient (Wildman–Crippen LogP) is 3.19. The molecule has 0 aromatic heterocycles. The van der Waals surface area contributed by atoms with Crippen LogP contribution in [-0.2, 0) is 16.2 Å². The molecule has 0 aliphatic carbocycles. The number of halogens is 1. The van der Waals surface area contributed by atoms with E-state index in [9.17, 15) is 4.79 Å². The minimum absolute atomic E-state index is 0.0371. The van der Waals surface area contributed by atoms with Crippen LogP contribution in [0.3, 0.4) is 0 Å². The third-order valence-electron chi connectivity index (χ3n) is 3.99. The summed E-state index contributed by atoms with van der Waals surface area (Å²) in [4.78, 5) is 17.7. The summed E-state index contributed by atoms with van der Waals surface area (Å²) in [5, 5.41) is 1.91. The maximum Gasteiger partial charge on any atom is 0.254 e. The van der Waals surface area contributed by atoms with Gasteiger partial charge in [0.15, 0.2) is 11.5 Å². The lowest BCUT2D eigenvalue weighted by molar-refractivity contribution is -0.165. The normalized spacial score (nSPS) is 23.0. The lowest BCUT2D eigenvalue weighted by Crippen LogP contribution is -2.31. The van der Waals surface area contributed by atoms with Crippen LogP contribution in [-0.4, -0.2) is 30.3 Å². The number of nitrogens with zero attached hydrogens (tertiary/aromatic N) is 1. The molecule has 1 unspecified atom stereocenters. The van der Waals surface area contributed by atoms with Gasteiger partial charge >= 0.3 is 0 Å². The summed E-state index contributed by atoms with van der Waals surface area (Å²) in [6.07, 6.45) is 0.921. The van der Waals surface area contributed by atoms with E-state index in [1.807, 2.05) is 19.9 Å². The molecule has 22 heavy (non-hydrogen) atoms. The van der Waals surface area contributed by atoms with E-state index >= 15 is 0 Å². The Morgan fingerprint density at radius 1 is 1.36 bits per heavy atom. The van der Waals surface area contributed by atoms with Crippen molar-refractivity contribution in [1.82, 2.24) is 5.06 Å². The Labute approximate surface area is 135 Å². The maximum absolute atomic E-state index is 12.2. The zero-order valence-electron chi connectivity index (χ0n) is 13.0. The van der Waals surface area contributed by atoms with Crippen molar-refractivity contribution in [2.45, 2.75) is 39.8 Å². The number of amides is 1. The Bertz CT molecular complexity index is 602. The minimum atomic E-state index is -0.492. The van der Waals surface area contributed by atoms with Crippen LogP contribution >= 0.6 is 11.6 Å². The third-order valence-corrected chi connectivity index (χ3v) is 4.34. The number of ether oxygens (including phenoxy) is 2. The Balaban J connectivity index is 1.82. The Kier molecular flexibility index (Phi) is 3.95. The molecule has 6 heteroatoms. The number of hydroxylamine groups is 2. The van der Waals surface area contributed by atoms with E-state index in [0.717, 1.165) is 12.0 Å². The van der Waals surface area contributed by atoms with E-state index in [4.69, 9.17) is 25.9 Å². The van der Waals surface area contributed by atoms with Crippen LogP contribution in [0.15, 0.2) is 12.1 Å². The molecular formula is C16H20ClNO4. The molecular weight excluding hydrogens is 306 g/mol. The summed E-state index contributed by atoms with van der Waals surface area (Å²) in [5.41, 5.74) is 0.292. The lowest BCUT2D eigenvalue weighted by Gasteiger charge is -2.27. The summed E-state index contributed by atoms with van der Waals surface area (Å²) in [7, 11) is 0. The number of carbonyl (C=O) groups is 1. The number of hydrogen-bond acceptors (Lipinski definition) is 4. The van der Waals surface area contributed by atoms with Gasteiger partial charge in [-0.3, -0.25) is 9.63 Å². The highest BCUT2D eigenvalue weighted by Crippen LogP contribution is 2.38. The van der Waals surface area contributed by atoms with Gasteiger partial charge in [-0.05, 0) is 31.9 Å². The molecule has 0 bridgehead atoms. The van der Waals surface area contributed by atoms with Crippen LogP contribution in [0.2, 0.25) is 5.02 Å². The van der Waals surface area contributed by atoms with E-state index in [1.54, 1.807) is 6.07 Å². The molecule has 0 spiro atoms. The molecule has 5 nitrogen and oxygen atoms in total. The molecule has 1 saturated heterocycles. The number of rotatable bonds is 3. The summed E-state index contributed by atoms with van der Waals surface area (Å²) in [6, 6.07) is 3.57. The second-order valence-electron chi connectivity index (χ2n) is 6.35. The largest absolute Gasteiger partial charge is 0.486 e. The Morgan fingerprint density at radius 2 is 2.14 bits per heavy atom. The van der Waals surface area contributed by atoms with Crippen molar-refractivity contribution >= 4 is 17.5 Å². The standard InChI is InChI=1S/C16H20ClNO4/c1-4-11-8-20-13-6-12(17)10(5-14(13)22-11)7-18-15(19)16(2,3)9-21-18/h5-6,11H,4,7-9H2,1-3H3. The van der Waals surface area contributed by atoms with Gasteiger partial charge in [0.05, 0.1) is 18.6 Å². The fourth-order valence-electron chi connectivity index (χ4n) is 2.47. The van der Waals surface area contributed by atoms with Crippen molar-refractivity contribution in [2.75, 3.05) is 13.2 Å². The zero-order chi connectivity index (χ0) is 15.9. The molecule has 3 rings (SSSR count). The molecule has 1 atom stereocenters. The van der Waals surface area contributed by atoms with Gasteiger partial charge in [-0.2, -0.15) is 0 Å². The van der Waals surface area contributed by atoms with Crippen molar-refractivity contribution in [2.24, 2.45) is 5.41 Å². The first-order valence-corrected chi connectivity index (χ1v) is 7.85. The smallest absolute Gasteiger partial charge is 0.254 e. The van der Waals surface area contributed by atoms with E-state index in [1.165, 1.54) is 5.06 Å². The van der Waals surface area contributed by atoms with Gasteiger partial charge in [0, 0.05) is 11.1 Å². The summed E-state index contributed by atoms with van der Waals surface area (Å²) >= 11 is 6.30. The van der Waals surface area contributed by atoms with E-state index in [-0.39, 0.29) is 12.0 Å². The van der Waals surface area contributed by atoms with Gasteiger partial charge in [-0.15, -0.1) is 0 Å². The van der Waals surface area contributed by atoms with Crippen molar-refractivity contribution < 1.29 is 19.1 Å². The van der Waals surface area contributed by atoms with Crippen molar-refractivity contribution in [1.29, 1.82) is 0 Å². The van der Waals surface area contributed by atoms with Gasteiger partial charge in [0.1, 0.15) is 12.7 Å². The van der Waals surface area contributed by atoms with E-state index in [0.29, 0.717) is 36.3 Å². The SMILES string of the molecule is CCC1COc2cc(Cl)c(CN3OCC(C)(C)C3=O)cc2O1. The molecule has 1 fully saturated rings. The average molecular weight is 326 g/mol. The first kappa shape index (κ1) is 15.4. The molecule has 0 radical (unpaired) electrons. The van der Waals surface area contributed by atoms with Gasteiger partial charge in [-0.25, -0.2) is 5.06 Å². The number of carbonyl (C=O) groups excluding carboxylic acids is 1. The molecule has 120 valence electrons. The molecule has 0 N–H and O–H groups in total. The van der Waals surface area contributed by atoms with Crippen LogP contribution in [0.5, 0.6) is 11.5 Å². The quantitative estimate of drug-likeness (QED) is 0.856. The highest BCUT2D eigenvalue weighted by atomic mass is 35.5. The van der Waals surface area contributed by atoms with Gasteiger partial charge in [0.25, 0.3) is 5.91 Å². The summed E-state index contributed by atoms with van der Waals surface area (Å²) in [5.74, 6) is 1.28. The monoisotopic (exact) mass is 325 g/mol. The second-order valence-corrected chi connectivity index (χ2v) is 6.76. The van der Waals surface area contributed by atoms with Crippen LogP contribution in [0.1, 0.15) is 32.8 Å². The van der Waals surface area contributed by atoms with Crippen LogP contribution < -0.4 is 9.47 Å². The molecule has 1 aromatic carbocycles. The highest BCUT2D eigenvalue weighted by molar-refractivity contribution is 6.31. The van der Waals surface area contributed by atoms with Crippen LogP contribution in [0, 0.1) is 5.41 Å². The van der Waals surface area contributed by atoms with Crippen molar-refractivity contribution in [3.63, 3.8) is 0 Å². The Hall–Kier alpha value is -1.46. The third kappa shape index (κ3) is 2.75. The minimum Gasteiger partial charge on any atom is -0.486 e. The molecule has 2 aliphatic rings. The van der Waals surface area contributed by atoms with Crippen LogP contribution in [0.4, 0.5) is 0 Å². The average Bonchev–Trinajstić information content (AvgIpc) is 2.74. The molecule has 2 aliphatic heterocycles. The molecule has 0 saturated carbocycles. The number of hydrogen-bond donors (Lipinski definition) is 0. The molecule has 1 amide bonds. The highest BCUT2D eigenvalue weighted by Gasteiger charge is 2.40. The van der Waals surface area contributed by atoms with Gasteiger partial charge < -0.3 is 9.47 Å².